The van der Waals surface area contributed by atoms with Gasteiger partial charge in [-0.2, -0.15) is 0 Å². The van der Waals surface area contributed by atoms with Gasteiger partial charge in [-0.25, -0.2) is 0 Å². The number of hydrogen-bond acceptors (Lipinski definition) is 4. The van der Waals surface area contributed by atoms with Gasteiger partial charge >= 0.3 is 0 Å². The summed E-state index contributed by atoms with van der Waals surface area (Å²) in [7, 11) is 0. The number of aliphatic hydroxyl groups excluding tert-OH is 1. The SMILES string of the molecule is O=C(Cc1ccc(NC(=O)c2cc3ccccc3o2)cc1)NCCO. The lowest BCUT2D eigenvalue weighted by molar-refractivity contribution is -0.120. The van der Waals surface area contributed by atoms with Crippen molar-refractivity contribution in [3.8, 4) is 0 Å². The molecule has 0 saturated heterocycles. The van der Waals surface area contributed by atoms with Crippen LogP contribution in [0.3, 0.4) is 0 Å². The van der Waals surface area contributed by atoms with Crippen molar-refractivity contribution in [2.45, 2.75) is 6.42 Å². The van der Waals surface area contributed by atoms with Gasteiger partial charge in [-0.15, -0.1) is 0 Å². The number of carbonyl (C=O) groups excluding carboxylic acids is 2. The Bertz CT molecular complexity index is 851. The van der Waals surface area contributed by atoms with E-state index in [0.717, 1.165) is 10.9 Å². The highest BCUT2D eigenvalue weighted by Crippen LogP contribution is 2.20. The van der Waals surface area contributed by atoms with Crippen LogP contribution in [0.25, 0.3) is 11.0 Å². The molecule has 0 aliphatic rings. The van der Waals surface area contributed by atoms with Gasteiger partial charge in [0.05, 0.1) is 13.0 Å². The zero-order chi connectivity index (χ0) is 17.6. The van der Waals surface area contributed by atoms with Crippen LogP contribution in [-0.2, 0) is 11.2 Å². The Balaban J connectivity index is 1.62. The van der Waals surface area contributed by atoms with Gasteiger partial charge in [0.15, 0.2) is 5.76 Å². The molecule has 0 bridgehead atoms. The van der Waals surface area contributed by atoms with Crippen LogP contribution in [0.5, 0.6) is 0 Å². The minimum Gasteiger partial charge on any atom is -0.451 e. The van der Waals surface area contributed by atoms with Gasteiger partial charge in [0, 0.05) is 17.6 Å². The molecule has 0 aliphatic heterocycles. The first-order valence-corrected chi connectivity index (χ1v) is 7.92. The molecule has 2 aromatic carbocycles. The van der Waals surface area contributed by atoms with E-state index >= 15 is 0 Å². The maximum absolute atomic E-state index is 12.3. The molecule has 0 saturated carbocycles. The zero-order valence-electron chi connectivity index (χ0n) is 13.5. The van der Waals surface area contributed by atoms with Gasteiger partial charge in [0.1, 0.15) is 5.58 Å². The van der Waals surface area contributed by atoms with Crippen molar-refractivity contribution in [1.29, 1.82) is 0 Å². The van der Waals surface area contributed by atoms with Crippen LogP contribution in [0.4, 0.5) is 5.69 Å². The molecule has 0 aliphatic carbocycles. The highest BCUT2D eigenvalue weighted by molar-refractivity contribution is 6.04. The molecule has 0 fully saturated rings. The second kappa shape index (κ2) is 7.63. The van der Waals surface area contributed by atoms with Gasteiger partial charge in [0.25, 0.3) is 5.91 Å². The highest BCUT2D eigenvalue weighted by atomic mass is 16.3. The number of hydrogen-bond donors (Lipinski definition) is 3. The molecular weight excluding hydrogens is 320 g/mol. The van der Waals surface area contributed by atoms with Crippen molar-refractivity contribution in [3.05, 3.63) is 65.9 Å². The summed E-state index contributed by atoms with van der Waals surface area (Å²) >= 11 is 0. The van der Waals surface area contributed by atoms with Crippen molar-refractivity contribution in [3.63, 3.8) is 0 Å². The molecule has 3 N–H and O–H groups in total. The monoisotopic (exact) mass is 338 g/mol. The molecule has 1 heterocycles. The molecule has 0 atom stereocenters. The zero-order valence-corrected chi connectivity index (χ0v) is 13.5. The van der Waals surface area contributed by atoms with E-state index in [1.165, 1.54) is 0 Å². The molecule has 25 heavy (non-hydrogen) atoms. The Kier molecular flexibility index (Phi) is 5.11. The molecule has 6 nitrogen and oxygen atoms in total. The largest absolute Gasteiger partial charge is 0.451 e. The van der Waals surface area contributed by atoms with E-state index in [1.807, 2.05) is 24.3 Å². The summed E-state index contributed by atoms with van der Waals surface area (Å²) in [5.41, 5.74) is 2.10. The maximum Gasteiger partial charge on any atom is 0.291 e. The average molecular weight is 338 g/mol. The van der Waals surface area contributed by atoms with Crippen LogP contribution in [0.1, 0.15) is 16.1 Å². The van der Waals surface area contributed by atoms with Gasteiger partial charge < -0.3 is 20.2 Å². The summed E-state index contributed by atoms with van der Waals surface area (Å²) in [5.74, 6) is -0.244. The summed E-state index contributed by atoms with van der Waals surface area (Å²) in [6, 6.07) is 16.1. The number of furan rings is 1. The van der Waals surface area contributed by atoms with Crippen LogP contribution in [0.2, 0.25) is 0 Å². The van der Waals surface area contributed by atoms with Crippen molar-refractivity contribution in [1.82, 2.24) is 5.32 Å². The fourth-order valence-electron chi connectivity index (χ4n) is 2.44. The fourth-order valence-corrected chi connectivity index (χ4v) is 2.44. The molecule has 2 amide bonds. The van der Waals surface area contributed by atoms with Crippen LogP contribution in [-0.4, -0.2) is 30.1 Å². The summed E-state index contributed by atoms with van der Waals surface area (Å²) in [6.45, 7) is 0.156. The third-order valence-corrected chi connectivity index (χ3v) is 3.66. The molecule has 0 spiro atoms. The third kappa shape index (κ3) is 4.24. The standard InChI is InChI=1S/C19H18N2O4/c22-10-9-20-18(23)11-13-5-7-15(8-6-13)21-19(24)17-12-14-3-1-2-4-16(14)25-17/h1-8,12,22H,9-11H2,(H,20,23)(H,21,24). The Hall–Kier alpha value is -3.12. The minimum atomic E-state index is -0.329. The number of para-hydroxylation sites is 1. The lowest BCUT2D eigenvalue weighted by atomic mass is 10.1. The quantitative estimate of drug-likeness (QED) is 0.643. The second-order valence-corrected chi connectivity index (χ2v) is 5.55. The molecule has 6 heteroatoms. The Morgan fingerprint density at radius 3 is 2.52 bits per heavy atom. The van der Waals surface area contributed by atoms with Gasteiger partial charge in [-0.1, -0.05) is 30.3 Å². The number of carbonyl (C=O) groups is 2. The molecular formula is C19H18N2O4. The Morgan fingerprint density at radius 1 is 1.04 bits per heavy atom. The maximum atomic E-state index is 12.3. The van der Waals surface area contributed by atoms with Crippen molar-refractivity contribution >= 4 is 28.5 Å². The first kappa shape index (κ1) is 16.7. The number of aliphatic hydroxyl groups is 1. The number of benzene rings is 2. The normalized spacial score (nSPS) is 10.6. The van der Waals surface area contributed by atoms with Crippen LogP contribution >= 0.6 is 0 Å². The van der Waals surface area contributed by atoms with Crippen molar-refractivity contribution < 1.29 is 19.1 Å². The van der Waals surface area contributed by atoms with Crippen molar-refractivity contribution in [2.75, 3.05) is 18.5 Å². The molecule has 3 rings (SSSR count). The Labute approximate surface area is 144 Å². The second-order valence-electron chi connectivity index (χ2n) is 5.55. The molecule has 1 aromatic heterocycles. The smallest absolute Gasteiger partial charge is 0.291 e. The number of anilines is 1. The molecule has 0 radical (unpaired) electrons. The van der Waals surface area contributed by atoms with E-state index in [0.29, 0.717) is 11.3 Å². The lowest BCUT2D eigenvalue weighted by Gasteiger charge is -2.06. The number of amides is 2. The first-order chi connectivity index (χ1) is 12.2. The average Bonchev–Trinajstić information content (AvgIpc) is 3.06. The number of nitrogens with one attached hydrogen (secondary N) is 2. The van der Waals surface area contributed by atoms with Crippen LogP contribution in [0, 0.1) is 0 Å². The predicted octanol–water partition coefficient (Wildman–Crippen LogP) is 2.34. The lowest BCUT2D eigenvalue weighted by Crippen LogP contribution is -2.27. The van der Waals surface area contributed by atoms with E-state index in [1.54, 1.807) is 30.3 Å². The fraction of sp³-hybridized carbons (Fsp3) is 0.158. The summed E-state index contributed by atoms with van der Waals surface area (Å²) in [6.07, 6.45) is 0.220. The molecule has 0 unspecified atom stereocenters. The minimum absolute atomic E-state index is 0.0848. The van der Waals surface area contributed by atoms with E-state index in [2.05, 4.69) is 10.6 Å². The predicted molar refractivity (Wildman–Crippen MR) is 94.4 cm³/mol. The van der Waals surface area contributed by atoms with E-state index < -0.39 is 0 Å². The summed E-state index contributed by atoms with van der Waals surface area (Å²) < 4.78 is 5.53. The van der Waals surface area contributed by atoms with Gasteiger partial charge in [-0.3, -0.25) is 9.59 Å². The van der Waals surface area contributed by atoms with Gasteiger partial charge in [-0.05, 0) is 29.8 Å². The highest BCUT2D eigenvalue weighted by Gasteiger charge is 2.12. The van der Waals surface area contributed by atoms with Crippen LogP contribution in [0.15, 0.2) is 59.0 Å². The number of rotatable bonds is 6. The van der Waals surface area contributed by atoms with Crippen LogP contribution < -0.4 is 10.6 Å². The summed E-state index contributed by atoms with van der Waals surface area (Å²) in [4.78, 5) is 23.9. The molecule has 128 valence electrons. The van der Waals surface area contributed by atoms with Crippen molar-refractivity contribution in [2.24, 2.45) is 0 Å². The molecule has 3 aromatic rings. The summed E-state index contributed by atoms with van der Waals surface area (Å²) in [5, 5.41) is 14.9. The third-order valence-electron chi connectivity index (χ3n) is 3.66. The Morgan fingerprint density at radius 2 is 1.80 bits per heavy atom. The van der Waals surface area contributed by atoms with E-state index in [4.69, 9.17) is 9.52 Å². The number of fused-ring (bicyclic) bond motifs is 1. The van der Waals surface area contributed by atoms with E-state index in [9.17, 15) is 9.59 Å². The van der Waals surface area contributed by atoms with Gasteiger partial charge in [0.2, 0.25) is 5.91 Å². The first-order valence-electron chi connectivity index (χ1n) is 7.92. The topological polar surface area (TPSA) is 91.6 Å². The van der Waals surface area contributed by atoms with E-state index in [-0.39, 0.29) is 37.1 Å².